The highest BCUT2D eigenvalue weighted by molar-refractivity contribution is 7.98. The molecule has 1 aromatic carbocycles. The second kappa shape index (κ2) is 6.54. The van der Waals surface area contributed by atoms with Gasteiger partial charge in [0.2, 0.25) is 5.91 Å². The predicted molar refractivity (Wildman–Crippen MR) is 76.4 cm³/mol. The van der Waals surface area contributed by atoms with Gasteiger partial charge in [-0.3, -0.25) is 10.1 Å². The van der Waals surface area contributed by atoms with Crippen molar-refractivity contribution in [3.05, 3.63) is 35.4 Å². The van der Waals surface area contributed by atoms with Gasteiger partial charge in [-0.25, -0.2) is 8.78 Å². The number of hydrogen-bond acceptors (Lipinski definition) is 3. The molecule has 110 valence electrons. The van der Waals surface area contributed by atoms with E-state index in [2.05, 4.69) is 5.32 Å². The molecule has 3 nitrogen and oxygen atoms in total. The van der Waals surface area contributed by atoms with Gasteiger partial charge in [-0.15, -0.1) is 0 Å². The third-order valence-electron chi connectivity index (χ3n) is 3.50. The van der Waals surface area contributed by atoms with Crippen molar-refractivity contribution in [2.24, 2.45) is 0 Å². The molecular formula is C14H18F2N2OS. The van der Waals surface area contributed by atoms with Crippen LogP contribution in [0.2, 0.25) is 0 Å². The van der Waals surface area contributed by atoms with Gasteiger partial charge >= 0.3 is 0 Å². The Bertz CT molecular complexity index is 498. The van der Waals surface area contributed by atoms with Crippen molar-refractivity contribution in [2.75, 3.05) is 18.6 Å². The fourth-order valence-corrected chi connectivity index (χ4v) is 3.26. The summed E-state index contributed by atoms with van der Waals surface area (Å²) in [6.45, 7) is 2.25. The standard InChI is InChI=1S/C14H18F2N2OS/c1-3-10(8-20-2)18-13(19)7-17-14(18)9-4-5-11(15)12(16)6-9/h4-6,10,14,17H,3,7-8H2,1-2H3. The van der Waals surface area contributed by atoms with E-state index in [-0.39, 0.29) is 24.7 Å². The summed E-state index contributed by atoms with van der Waals surface area (Å²) >= 11 is 1.67. The maximum atomic E-state index is 13.4. The summed E-state index contributed by atoms with van der Waals surface area (Å²) in [6, 6.07) is 3.87. The van der Waals surface area contributed by atoms with E-state index in [1.807, 2.05) is 13.2 Å². The van der Waals surface area contributed by atoms with Crippen LogP contribution in [0, 0.1) is 11.6 Å². The molecule has 0 aliphatic carbocycles. The SMILES string of the molecule is CCC(CSC)N1C(=O)CNC1c1ccc(F)c(F)c1. The van der Waals surface area contributed by atoms with Crippen molar-refractivity contribution < 1.29 is 13.6 Å². The molecule has 1 saturated heterocycles. The molecule has 1 heterocycles. The Morgan fingerprint density at radius 1 is 1.45 bits per heavy atom. The van der Waals surface area contributed by atoms with Crippen LogP contribution in [0.1, 0.15) is 25.1 Å². The second-order valence-electron chi connectivity index (χ2n) is 4.78. The molecule has 1 aliphatic rings. The lowest BCUT2D eigenvalue weighted by Gasteiger charge is -2.32. The quantitative estimate of drug-likeness (QED) is 0.907. The molecule has 1 aromatic rings. The normalized spacial score (nSPS) is 20.5. The molecule has 20 heavy (non-hydrogen) atoms. The van der Waals surface area contributed by atoms with E-state index in [0.717, 1.165) is 24.3 Å². The minimum Gasteiger partial charge on any atom is -0.318 e. The van der Waals surface area contributed by atoms with Gasteiger partial charge in [0.1, 0.15) is 6.17 Å². The van der Waals surface area contributed by atoms with Crippen LogP contribution in [0.3, 0.4) is 0 Å². The molecule has 1 aliphatic heterocycles. The van der Waals surface area contributed by atoms with Crippen molar-refractivity contribution in [3.8, 4) is 0 Å². The lowest BCUT2D eigenvalue weighted by molar-refractivity contribution is -0.130. The number of nitrogens with one attached hydrogen (secondary N) is 1. The van der Waals surface area contributed by atoms with E-state index >= 15 is 0 Å². The number of benzene rings is 1. The van der Waals surface area contributed by atoms with Crippen LogP contribution in [0.25, 0.3) is 0 Å². The van der Waals surface area contributed by atoms with Crippen LogP contribution >= 0.6 is 11.8 Å². The number of carbonyl (C=O) groups excluding carboxylic acids is 1. The van der Waals surface area contributed by atoms with E-state index in [0.29, 0.717) is 5.56 Å². The van der Waals surface area contributed by atoms with Crippen molar-refractivity contribution in [1.29, 1.82) is 0 Å². The molecule has 0 saturated carbocycles. The second-order valence-corrected chi connectivity index (χ2v) is 5.69. The molecule has 0 aromatic heterocycles. The third kappa shape index (κ3) is 2.96. The number of thioether (sulfide) groups is 1. The Labute approximate surface area is 121 Å². The van der Waals surface area contributed by atoms with Gasteiger partial charge in [0.05, 0.1) is 6.54 Å². The maximum Gasteiger partial charge on any atom is 0.238 e. The molecule has 0 spiro atoms. The van der Waals surface area contributed by atoms with E-state index in [1.165, 1.54) is 6.07 Å². The number of nitrogens with zero attached hydrogens (tertiary/aromatic N) is 1. The predicted octanol–water partition coefficient (Wildman–Crippen LogP) is 2.54. The number of amides is 1. The van der Waals surface area contributed by atoms with Crippen LogP contribution in [-0.2, 0) is 4.79 Å². The topological polar surface area (TPSA) is 32.3 Å². The molecule has 0 bridgehead atoms. The van der Waals surface area contributed by atoms with E-state index in [9.17, 15) is 13.6 Å². The van der Waals surface area contributed by atoms with Gasteiger partial charge in [-0.05, 0) is 30.4 Å². The first-order valence-electron chi connectivity index (χ1n) is 6.57. The average Bonchev–Trinajstić information content (AvgIpc) is 2.81. The summed E-state index contributed by atoms with van der Waals surface area (Å²) in [6.07, 6.45) is 2.44. The first kappa shape index (κ1) is 15.3. The number of carbonyl (C=O) groups is 1. The van der Waals surface area contributed by atoms with E-state index in [1.54, 1.807) is 16.7 Å². The minimum atomic E-state index is -0.887. The molecule has 2 unspecified atom stereocenters. The highest BCUT2D eigenvalue weighted by Gasteiger charge is 2.36. The van der Waals surface area contributed by atoms with E-state index in [4.69, 9.17) is 0 Å². The number of halogens is 2. The fourth-order valence-electron chi connectivity index (χ4n) is 2.48. The monoisotopic (exact) mass is 300 g/mol. The summed E-state index contributed by atoms with van der Waals surface area (Å²) in [5.41, 5.74) is 0.578. The van der Waals surface area contributed by atoms with Gasteiger partial charge < -0.3 is 4.90 Å². The first-order valence-corrected chi connectivity index (χ1v) is 7.96. The van der Waals surface area contributed by atoms with Crippen LogP contribution in [-0.4, -0.2) is 35.4 Å². The molecule has 1 fully saturated rings. The molecule has 1 amide bonds. The van der Waals surface area contributed by atoms with Gasteiger partial charge in [0.15, 0.2) is 11.6 Å². The third-order valence-corrected chi connectivity index (χ3v) is 4.21. The van der Waals surface area contributed by atoms with Crippen molar-refractivity contribution in [2.45, 2.75) is 25.6 Å². The largest absolute Gasteiger partial charge is 0.318 e. The Hall–Kier alpha value is -1.14. The molecule has 2 rings (SSSR count). The molecule has 6 heteroatoms. The highest BCUT2D eigenvalue weighted by Crippen LogP contribution is 2.28. The van der Waals surface area contributed by atoms with Crippen LogP contribution < -0.4 is 5.32 Å². The van der Waals surface area contributed by atoms with Crippen molar-refractivity contribution in [3.63, 3.8) is 0 Å². The van der Waals surface area contributed by atoms with E-state index < -0.39 is 11.6 Å². The summed E-state index contributed by atoms with van der Waals surface area (Å²) in [5.74, 6) is -0.938. The molecular weight excluding hydrogens is 282 g/mol. The van der Waals surface area contributed by atoms with Gasteiger partial charge in [-0.1, -0.05) is 13.0 Å². The Morgan fingerprint density at radius 3 is 2.80 bits per heavy atom. The zero-order valence-electron chi connectivity index (χ0n) is 11.5. The maximum absolute atomic E-state index is 13.4. The number of hydrogen-bond donors (Lipinski definition) is 1. The van der Waals surface area contributed by atoms with Gasteiger partial charge in [-0.2, -0.15) is 11.8 Å². The zero-order valence-corrected chi connectivity index (χ0v) is 12.3. The summed E-state index contributed by atoms with van der Waals surface area (Å²) < 4.78 is 26.4. The van der Waals surface area contributed by atoms with Crippen LogP contribution in [0.15, 0.2) is 18.2 Å². The fraction of sp³-hybridized carbons (Fsp3) is 0.500. The zero-order chi connectivity index (χ0) is 14.7. The summed E-state index contributed by atoms with van der Waals surface area (Å²) in [4.78, 5) is 13.8. The average molecular weight is 300 g/mol. The summed E-state index contributed by atoms with van der Waals surface area (Å²) in [5, 5.41) is 3.07. The molecule has 0 radical (unpaired) electrons. The highest BCUT2D eigenvalue weighted by atomic mass is 32.2. The number of rotatable bonds is 5. The Kier molecular flexibility index (Phi) is 4.99. The Morgan fingerprint density at radius 2 is 2.20 bits per heavy atom. The summed E-state index contributed by atoms with van der Waals surface area (Å²) in [7, 11) is 0. The Balaban J connectivity index is 2.29. The smallest absolute Gasteiger partial charge is 0.238 e. The first-order chi connectivity index (χ1) is 9.58. The lowest BCUT2D eigenvalue weighted by Crippen LogP contribution is -2.40. The van der Waals surface area contributed by atoms with Crippen molar-refractivity contribution >= 4 is 17.7 Å². The lowest BCUT2D eigenvalue weighted by atomic mass is 10.1. The van der Waals surface area contributed by atoms with Crippen LogP contribution in [0.5, 0.6) is 0 Å². The molecule has 2 atom stereocenters. The molecule has 1 N–H and O–H groups in total. The van der Waals surface area contributed by atoms with Gasteiger partial charge in [0, 0.05) is 11.8 Å². The van der Waals surface area contributed by atoms with Crippen molar-refractivity contribution in [1.82, 2.24) is 10.2 Å². The van der Waals surface area contributed by atoms with Gasteiger partial charge in [0.25, 0.3) is 0 Å². The van der Waals surface area contributed by atoms with Crippen LogP contribution in [0.4, 0.5) is 8.78 Å². The minimum absolute atomic E-state index is 0.000586.